The maximum absolute atomic E-state index is 12.8. The van der Waals surface area contributed by atoms with E-state index in [0.29, 0.717) is 28.9 Å². The van der Waals surface area contributed by atoms with Crippen LogP contribution in [0.4, 0.5) is 0 Å². The molecule has 1 aromatic carbocycles. The highest BCUT2D eigenvalue weighted by molar-refractivity contribution is 7.15. The Morgan fingerprint density at radius 1 is 1.40 bits per heavy atom. The van der Waals surface area contributed by atoms with E-state index in [4.69, 9.17) is 16.3 Å². The van der Waals surface area contributed by atoms with E-state index in [9.17, 15) is 9.59 Å². The molecule has 3 rings (SSSR count). The van der Waals surface area contributed by atoms with E-state index in [1.807, 2.05) is 6.92 Å². The van der Waals surface area contributed by atoms with E-state index >= 15 is 0 Å². The summed E-state index contributed by atoms with van der Waals surface area (Å²) in [6.07, 6.45) is 1.72. The van der Waals surface area contributed by atoms with E-state index in [0.717, 1.165) is 5.56 Å². The van der Waals surface area contributed by atoms with Gasteiger partial charge in [-0.05, 0) is 25.1 Å². The monoisotopic (exact) mass is 377 g/mol. The molecule has 0 radical (unpaired) electrons. The molecule has 2 aromatic heterocycles. The van der Waals surface area contributed by atoms with Crippen LogP contribution in [-0.4, -0.2) is 33.8 Å². The van der Waals surface area contributed by atoms with Crippen LogP contribution in [0.15, 0.2) is 40.6 Å². The van der Waals surface area contributed by atoms with E-state index in [2.05, 4.69) is 4.98 Å². The maximum Gasteiger partial charge on any atom is 0.274 e. The number of carbonyl (C=O) groups excluding carboxylic acids is 1. The van der Waals surface area contributed by atoms with Gasteiger partial charge in [-0.25, -0.2) is 0 Å². The molecule has 0 aliphatic heterocycles. The lowest BCUT2D eigenvalue weighted by Gasteiger charge is -2.20. The third kappa shape index (κ3) is 3.67. The van der Waals surface area contributed by atoms with Crippen molar-refractivity contribution in [3.05, 3.63) is 62.5 Å². The molecular weight excluding hydrogens is 362 g/mol. The summed E-state index contributed by atoms with van der Waals surface area (Å²) in [5.41, 5.74) is 0.642. The lowest BCUT2D eigenvalue weighted by atomic mass is 10.2. The van der Waals surface area contributed by atoms with Crippen LogP contribution in [0.2, 0.25) is 5.02 Å². The molecule has 25 heavy (non-hydrogen) atoms. The molecule has 0 bridgehead atoms. The number of halogens is 1. The fourth-order valence-electron chi connectivity index (χ4n) is 2.50. The van der Waals surface area contributed by atoms with Gasteiger partial charge in [0.05, 0.1) is 6.61 Å². The smallest absolute Gasteiger partial charge is 0.274 e. The zero-order valence-corrected chi connectivity index (χ0v) is 15.3. The van der Waals surface area contributed by atoms with Crippen LogP contribution < -0.4 is 10.3 Å². The molecule has 0 saturated heterocycles. The Balaban J connectivity index is 1.92. The maximum atomic E-state index is 12.8. The molecule has 0 saturated carbocycles. The van der Waals surface area contributed by atoms with Gasteiger partial charge in [-0.3, -0.25) is 14.0 Å². The summed E-state index contributed by atoms with van der Waals surface area (Å²) < 4.78 is 7.21. The summed E-state index contributed by atoms with van der Waals surface area (Å²) in [5.74, 6) is 0.398. The SMILES string of the molecule is CCOc1ccc(Cl)cc1CN(C)C(=O)c1cc(=O)nc2sccn12. The molecule has 0 atom stereocenters. The summed E-state index contributed by atoms with van der Waals surface area (Å²) >= 11 is 7.37. The van der Waals surface area contributed by atoms with Gasteiger partial charge < -0.3 is 9.64 Å². The molecule has 0 N–H and O–H groups in total. The predicted molar refractivity (Wildman–Crippen MR) is 97.8 cm³/mol. The van der Waals surface area contributed by atoms with Crippen molar-refractivity contribution in [2.24, 2.45) is 0 Å². The normalized spacial score (nSPS) is 10.8. The van der Waals surface area contributed by atoms with Crippen LogP contribution in [0.5, 0.6) is 5.75 Å². The topological polar surface area (TPSA) is 63.9 Å². The van der Waals surface area contributed by atoms with E-state index in [1.165, 1.54) is 22.3 Å². The minimum atomic E-state index is -0.433. The number of carbonyl (C=O) groups is 1. The van der Waals surface area contributed by atoms with E-state index < -0.39 is 5.56 Å². The average Bonchev–Trinajstić information content (AvgIpc) is 3.04. The number of amides is 1. The minimum Gasteiger partial charge on any atom is -0.494 e. The molecule has 6 nitrogen and oxygen atoms in total. The molecule has 3 aromatic rings. The highest BCUT2D eigenvalue weighted by atomic mass is 35.5. The van der Waals surface area contributed by atoms with Crippen molar-refractivity contribution in [1.82, 2.24) is 14.3 Å². The molecule has 0 spiro atoms. The Kier molecular flexibility index (Phi) is 5.06. The van der Waals surface area contributed by atoms with E-state index in [-0.39, 0.29) is 11.6 Å². The van der Waals surface area contributed by atoms with Gasteiger partial charge in [0.15, 0.2) is 4.96 Å². The lowest BCUT2D eigenvalue weighted by molar-refractivity contribution is 0.0776. The Morgan fingerprint density at radius 3 is 2.96 bits per heavy atom. The number of hydrogen-bond donors (Lipinski definition) is 0. The highest BCUT2D eigenvalue weighted by Crippen LogP contribution is 2.24. The fraction of sp³-hybridized carbons (Fsp3) is 0.235. The highest BCUT2D eigenvalue weighted by Gasteiger charge is 2.18. The van der Waals surface area contributed by atoms with Gasteiger partial charge in [0.1, 0.15) is 11.4 Å². The number of rotatable bonds is 5. The van der Waals surface area contributed by atoms with Gasteiger partial charge >= 0.3 is 0 Å². The van der Waals surface area contributed by atoms with E-state index in [1.54, 1.807) is 41.2 Å². The quantitative estimate of drug-likeness (QED) is 0.685. The van der Waals surface area contributed by atoms with Crippen LogP contribution in [0.25, 0.3) is 4.96 Å². The first kappa shape index (κ1) is 17.4. The molecule has 0 aliphatic carbocycles. The summed E-state index contributed by atoms with van der Waals surface area (Å²) in [7, 11) is 1.67. The van der Waals surface area contributed by atoms with Crippen molar-refractivity contribution >= 4 is 33.8 Å². The van der Waals surface area contributed by atoms with Gasteiger partial charge in [-0.1, -0.05) is 11.6 Å². The van der Waals surface area contributed by atoms with Crippen molar-refractivity contribution in [2.75, 3.05) is 13.7 Å². The third-order valence-corrected chi connectivity index (χ3v) is 4.60. The van der Waals surface area contributed by atoms with Crippen LogP contribution in [0.3, 0.4) is 0 Å². The Bertz CT molecular complexity index is 983. The van der Waals surface area contributed by atoms with Crippen molar-refractivity contribution in [1.29, 1.82) is 0 Å². The summed E-state index contributed by atoms with van der Waals surface area (Å²) in [4.78, 5) is 30.5. The number of ether oxygens (including phenoxy) is 1. The van der Waals surface area contributed by atoms with Crippen molar-refractivity contribution in [2.45, 2.75) is 13.5 Å². The second-order valence-electron chi connectivity index (χ2n) is 5.38. The number of aromatic nitrogens is 2. The Morgan fingerprint density at radius 2 is 2.20 bits per heavy atom. The number of benzene rings is 1. The first-order chi connectivity index (χ1) is 12.0. The zero-order valence-electron chi connectivity index (χ0n) is 13.7. The molecule has 2 heterocycles. The molecule has 8 heteroatoms. The summed E-state index contributed by atoms with van der Waals surface area (Å²) in [6.45, 7) is 2.71. The largest absolute Gasteiger partial charge is 0.494 e. The number of nitrogens with zero attached hydrogens (tertiary/aromatic N) is 3. The average molecular weight is 378 g/mol. The van der Waals surface area contributed by atoms with Crippen LogP contribution in [-0.2, 0) is 6.54 Å². The summed E-state index contributed by atoms with van der Waals surface area (Å²) in [6, 6.07) is 6.55. The Labute approximate surface area is 153 Å². The van der Waals surface area contributed by atoms with Gasteiger partial charge in [-0.15, -0.1) is 11.3 Å². The molecule has 0 aliphatic rings. The van der Waals surface area contributed by atoms with Gasteiger partial charge in [-0.2, -0.15) is 4.98 Å². The van der Waals surface area contributed by atoms with Gasteiger partial charge in [0.2, 0.25) is 0 Å². The molecule has 130 valence electrons. The number of fused-ring (bicyclic) bond motifs is 1. The van der Waals surface area contributed by atoms with Crippen LogP contribution in [0.1, 0.15) is 23.0 Å². The van der Waals surface area contributed by atoms with Crippen molar-refractivity contribution in [3.8, 4) is 5.75 Å². The van der Waals surface area contributed by atoms with Gasteiger partial charge in [0.25, 0.3) is 11.5 Å². The predicted octanol–water partition coefficient (Wildman–Crippen LogP) is 3.08. The Hall–Kier alpha value is -2.38. The van der Waals surface area contributed by atoms with Crippen LogP contribution in [0, 0.1) is 0 Å². The molecule has 1 amide bonds. The van der Waals surface area contributed by atoms with Crippen molar-refractivity contribution < 1.29 is 9.53 Å². The lowest BCUT2D eigenvalue weighted by Crippen LogP contribution is -2.29. The first-order valence-electron chi connectivity index (χ1n) is 7.63. The standard InChI is InChI=1S/C17H16ClN3O3S/c1-3-24-14-5-4-12(18)8-11(14)10-20(2)16(23)13-9-15(22)19-17-21(13)6-7-25-17/h4-9H,3,10H2,1-2H3. The molecule has 0 fully saturated rings. The number of thiazole rings is 1. The zero-order chi connectivity index (χ0) is 18.0. The second kappa shape index (κ2) is 7.25. The van der Waals surface area contributed by atoms with Crippen LogP contribution >= 0.6 is 22.9 Å². The third-order valence-electron chi connectivity index (χ3n) is 3.61. The molecular formula is C17H16ClN3O3S. The van der Waals surface area contributed by atoms with Gasteiger partial charge in [0, 0.05) is 41.8 Å². The summed E-state index contributed by atoms with van der Waals surface area (Å²) in [5, 5.41) is 2.35. The minimum absolute atomic E-state index is 0.277. The second-order valence-corrected chi connectivity index (χ2v) is 6.69. The fourth-order valence-corrected chi connectivity index (χ4v) is 3.42. The number of hydrogen-bond acceptors (Lipinski definition) is 5. The first-order valence-corrected chi connectivity index (χ1v) is 8.89. The molecule has 0 unspecified atom stereocenters. The van der Waals surface area contributed by atoms with Crippen molar-refractivity contribution in [3.63, 3.8) is 0 Å².